The van der Waals surface area contributed by atoms with Gasteiger partial charge in [-0.2, -0.15) is 0 Å². The maximum atomic E-state index is 3.49. The molecule has 2 nitrogen and oxygen atoms in total. The van der Waals surface area contributed by atoms with Gasteiger partial charge in [0.1, 0.15) is 0 Å². The average Bonchev–Trinajstić information content (AvgIpc) is 2.43. The topological polar surface area (TPSA) is 24.1 Å². The first-order chi connectivity index (χ1) is 9.41. The predicted molar refractivity (Wildman–Crippen MR) is 87.9 cm³/mol. The molecule has 0 rings (SSSR count). The van der Waals surface area contributed by atoms with Crippen LogP contribution in [0.1, 0.15) is 84.5 Å². The number of nitrogens with one attached hydrogen (secondary N) is 2. The SMILES string of the molecule is CCCCCCCCCCCCCNCCNCC. The summed E-state index contributed by atoms with van der Waals surface area (Å²) < 4.78 is 0. The van der Waals surface area contributed by atoms with E-state index >= 15 is 0 Å². The monoisotopic (exact) mass is 270 g/mol. The van der Waals surface area contributed by atoms with E-state index in [1.807, 2.05) is 0 Å². The minimum Gasteiger partial charge on any atom is -0.316 e. The van der Waals surface area contributed by atoms with Gasteiger partial charge in [0.05, 0.1) is 0 Å². The van der Waals surface area contributed by atoms with Gasteiger partial charge >= 0.3 is 0 Å². The van der Waals surface area contributed by atoms with Crippen LogP contribution in [0.15, 0.2) is 0 Å². The molecule has 0 aliphatic rings. The Kier molecular flexibility index (Phi) is 17.8. The lowest BCUT2D eigenvalue weighted by Crippen LogP contribution is -2.27. The number of rotatable bonds is 16. The van der Waals surface area contributed by atoms with E-state index in [4.69, 9.17) is 0 Å². The van der Waals surface area contributed by atoms with Gasteiger partial charge in [-0.3, -0.25) is 0 Å². The summed E-state index contributed by atoms with van der Waals surface area (Å²) in [5.74, 6) is 0. The highest BCUT2D eigenvalue weighted by Crippen LogP contribution is 2.10. The van der Waals surface area contributed by atoms with Crippen LogP contribution in [0.3, 0.4) is 0 Å². The van der Waals surface area contributed by atoms with E-state index in [1.165, 1.54) is 77.2 Å². The molecule has 0 atom stereocenters. The van der Waals surface area contributed by atoms with Gasteiger partial charge in [0.2, 0.25) is 0 Å². The summed E-state index contributed by atoms with van der Waals surface area (Å²) in [7, 11) is 0. The number of hydrogen-bond acceptors (Lipinski definition) is 2. The molecule has 19 heavy (non-hydrogen) atoms. The van der Waals surface area contributed by atoms with E-state index in [2.05, 4.69) is 24.5 Å². The summed E-state index contributed by atoms with van der Waals surface area (Å²) >= 11 is 0. The Morgan fingerprint density at radius 1 is 0.474 bits per heavy atom. The first kappa shape index (κ1) is 18.9. The fourth-order valence-electron chi connectivity index (χ4n) is 2.39. The van der Waals surface area contributed by atoms with Crippen LogP contribution in [0.25, 0.3) is 0 Å². The van der Waals surface area contributed by atoms with Crippen LogP contribution in [0.2, 0.25) is 0 Å². The number of likely N-dealkylation sites (N-methyl/N-ethyl adjacent to an activating group) is 1. The van der Waals surface area contributed by atoms with Crippen LogP contribution >= 0.6 is 0 Å². The van der Waals surface area contributed by atoms with Crippen molar-refractivity contribution >= 4 is 0 Å². The lowest BCUT2D eigenvalue weighted by Gasteiger charge is -2.05. The van der Waals surface area contributed by atoms with E-state index in [0.717, 1.165) is 19.6 Å². The maximum Gasteiger partial charge on any atom is 0.00767 e. The van der Waals surface area contributed by atoms with E-state index < -0.39 is 0 Å². The van der Waals surface area contributed by atoms with Crippen molar-refractivity contribution < 1.29 is 0 Å². The van der Waals surface area contributed by atoms with Crippen LogP contribution in [0, 0.1) is 0 Å². The molecule has 0 unspecified atom stereocenters. The van der Waals surface area contributed by atoms with Crippen molar-refractivity contribution in [2.45, 2.75) is 84.5 Å². The molecule has 0 spiro atoms. The van der Waals surface area contributed by atoms with Gasteiger partial charge in [0.25, 0.3) is 0 Å². The van der Waals surface area contributed by atoms with Crippen molar-refractivity contribution in [3.63, 3.8) is 0 Å². The summed E-state index contributed by atoms with van der Waals surface area (Å²) in [6, 6.07) is 0. The van der Waals surface area contributed by atoms with Crippen LogP contribution < -0.4 is 10.6 Å². The molecule has 2 N–H and O–H groups in total. The third-order valence-electron chi connectivity index (χ3n) is 3.69. The van der Waals surface area contributed by atoms with Gasteiger partial charge in [0, 0.05) is 13.1 Å². The maximum absolute atomic E-state index is 3.49. The molecule has 0 radical (unpaired) electrons. The molecular formula is C17H38N2. The summed E-state index contributed by atoms with van der Waals surface area (Å²) in [5.41, 5.74) is 0. The third-order valence-corrected chi connectivity index (χ3v) is 3.69. The van der Waals surface area contributed by atoms with Gasteiger partial charge in [-0.1, -0.05) is 78.1 Å². The van der Waals surface area contributed by atoms with E-state index in [1.54, 1.807) is 0 Å². The Labute approximate surface area is 122 Å². The highest BCUT2D eigenvalue weighted by molar-refractivity contribution is 4.52. The minimum atomic E-state index is 1.08. The largest absolute Gasteiger partial charge is 0.316 e. The summed E-state index contributed by atoms with van der Waals surface area (Å²) in [5, 5.41) is 6.82. The van der Waals surface area contributed by atoms with E-state index in [-0.39, 0.29) is 0 Å². The predicted octanol–water partition coefficient (Wildman–Crippen LogP) is 4.50. The molecule has 2 heteroatoms. The molecule has 0 aromatic heterocycles. The second-order valence-electron chi connectivity index (χ2n) is 5.64. The van der Waals surface area contributed by atoms with Crippen LogP contribution in [-0.4, -0.2) is 26.2 Å². The third kappa shape index (κ3) is 17.9. The quantitative estimate of drug-likeness (QED) is 0.404. The second kappa shape index (κ2) is 17.9. The van der Waals surface area contributed by atoms with Gasteiger partial charge in [0.15, 0.2) is 0 Å². The Balaban J connectivity index is 2.88. The molecule has 0 aliphatic heterocycles. The highest BCUT2D eigenvalue weighted by atomic mass is 14.9. The highest BCUT2D eigenvalue weighted by Gasteiger charge is 1.93. The van der Waals surface area contributed by atoms with Crippen molar-refractivity contribution in [2.24, 2.45) is 0 Å². The molecule has 0 saturated carbocycles. The Morgan fingerprint density at radius 2 is 0.947 bits per heavy atom. The molecule has 0 amide bonds. The Bertz CT molecular complexity index is 132. The van der Waals surface area contributed by atoms with Crippen LogP contribution in [-0.2, 0) is 0 Å². The minimum absolute atomic E-state index is 1.08. The summed E-state index contributed by atoms with van der Waals surface area (Å²) in [4.78, 5) is 0. The first-order valence-corrected chi connectivity index (χ1v) is 8.83. The molecule has 0 heterocycles. The fraction of sp³-hybridized carbons (Fsp3) is 1.00. The zero-order chi connectivity index (χ0) is 14.0. The molecule has 0 saturated heterocycles. The summed E-state index contributed by atoms with van der Waals surface area (Å²) in [6.07, 6.45) is 15.7. The lowest BCUT2D eigenvalue weighted by molar-refractivity contribution is 0.536. The molecule has 116 valence electrons. The molecule has 0 bridgehead atoms. The smallest absolute Gasteiger partial charge is 0.00767 e. The summed E-state index contributed by atoms with van der Waals surface area (Å²) in [6.45, 7) is 8.95. The van der Waals surface area contributed by atoms with Gasteiger partial charge in [-0.25, -0.2) is 0 Å². The average molecular weight is 271 g/mol. The van der Waals surface area contributed by atoms with E-state index in [0.29, 0.717) is 0 Å². The molecule has 0 fully saturated rings. The van der Waals surface area contributed by atoms with Gasteiger partial charge < -0.3 is 10.6 Å². The zero-order valence-corrected chi connectivity index (χ0v) is 13.6. The van der Waals surface area contributed by atoms with Crippen molar-refractivity contribution in [2.75, 3.05) is 26.2 Å². The van der Waals surface area contributed by atoms with Crippen molar-refractivity contribution in [1.29, 1.82) is 0 Å². The lowest BCUT2D eigenvalue weighted by atomic mass is 10.1. The van der Waals surface area contributed by atoms with Crippen molar-refractivity contribution in [3.8, 4) is 0 Å². The standard InChI is InChI=1S/C17H38N2/c1-3-5-6-7-8-9-10-11-12-13-14-15-19-17-16-18-4-2/h18-19H,3-17H2,1-2H3. The first-order valence-electron chi connectivity index (χ1n) is 8.83. The second-order valence-corrected chi connectivity index (χ2v) is 5.64. The number of hydrogen-bond donors (Lipinski definition) is 2. The van der Waals surface area contributed by atoms with Crippen molar-refractivity contribution in [3.05, 3.63) is 0 Å². The zero-order valence-electron chi connectivity index (χ0n) is 13.6. The molecule has 0 aromatic carbocycles. The molecular weight excluding hydrogens is 232 g/mol. The van der Waals surface area contributed by atoms with E-state index in [9.17, 15) is 0 Å². The van der Waals surface area contributed by atoms with Crippen LogP contribution in [0.4, 0.5) is 0 Å². The fourth-order valence-corrected chi connectivity index (χ4v) is 2.39. The van der Waals surface area contributed by atoms with Gasteiger partial charge in [-0.15, -0.1) is 0 Å². The molecule has 0 aliphatic carbocycles. The Hall–Kier alpha value is -0.0800. The molecule has 0 aromatic rings. The normalized spacial score (nSPS) is 11.1. The Morgan fingerprint density at radius 3 is 1.47 bits per heavy atom. The number of unbranched alkanes of at least 4 members (excludes halogenated alkanes) is 10. The van der Waals surface area contributed by atoms with Crippen molar-refractivity contribution in [1.82, 2.24) is 10.6 Å². The van der Waals surface area contributed by atoms with Crippen LogP contribution in [0.5, 0.6) is 0 Å². The van der Waals surface area contributed by atoms with Gasteiger partial charge in [-0.05, 0) is 19.5 Å².